The zero-order valence-electron chi connectivity index (χ0n) is 11.5. The average molecular weight is 327 g/mol. The molecule has 0 atom stereocenters. The van der Waals surface area contributed by atoms with Crippen LogP contribution in [0.2, 0.25) is 0 Å². The van der Waals surface area contributed by atoms with Gasteiger partial charge in [0.1, 0.15) is 11.6 Å². The minimum atomic E-state index is -0.967. The first-order valence-electron chi connectivity index (χ1n) is 6.21. The van der Waals surface area contributed by atoms with Gasteiger partial charge < -0.3 is 10.1 Å². The summed E-state index contributed by atoms with van der Waals surface area (Å²) in [6.07, 6.45) is 0. The maximum Gasteiger partial charge on any atom is 0.234 e. The quantitative estimate of drug-likeness (QED) is 0.848. The molecule has 0 aliphatic carbocycles. The predicted molar refractivity (Wildman–Crippen MR) is 78.7 cm³/mol. The monoisotopic (exact) mass is 327 g/mol. The summed E-state index contributed by atoms with van der Waals surface area (Å²) >= 11 is 1.05. The molecule has 1 N–H and O–H groups in total. The van der Waals surface area contributed by atoms with Gasteiger partial charge in [0.2, 0.25) is 5.91 Å². The maximum absolute atomic E-state index is 13.0. The molecule has 3 nitrogen and oxygen atoms in total. The summed E-state index contributed by atoms with van der Waals surface area (Å²) in [5.74, 6) is -2.57. The first-order chi connectivity index (χ1) is 10.5. The number of rotatable bonds is 5. The number of hydrogen-bond acceptors (Lipinski definition) is 3. The van der Waals surface area contributed by atoms with Crippen LogP contribution in [0.25, 0.3) is 0 Å². The van der Waals surface area contributed by atoms with Gasteiger partial charge >= 0.3 is 0 Å². The Bertz CT molecular complexity index is 694. The Morgan fingerprint density at radius 3 is 2.59 bits per heavy atom. The molecule has 0 spiro atoms. The second-order valence-electron chi connectivity index (χ2n) is 4.26. The number of benzene rings is 2. The van der Waals surface area contributed by atoms with Crippen LogP contribution in [0.15, 0.2) is 41.3 Å². The van der Waals surface area contributed by atoms with E-state index in [1.54, 1.807) is 0 Å². The summed E-state index contributed by atoms with van der Waals surface area (Å²) in [5.41, 5.74) is 0.333. The van der Waals surface area contributed by atoms with Gasteiger partial charge in [-0.1, -0.05) is 0 Å². The molecule has 2 aromatic rings. The number of anilines is 1. The summed E-state index contributed by atoms with van der Waals surface area (Å²) < 4.78 is 43.9. The van der Waals surface area contributed by atoms with Crippen molar-refractivity contribution < 1.29 is 22.7 Å². The Morgan fingerprint density at radius 2 is 1.91 bits per heavy atom. The highest BCUT2D eigenvalue weighted by Gasteiger charge is 2.10. The Hall–Kier alpha value is -2.15. The lowest BCUT2D eigenvalue weighted by Gasteiger charge is -2.10. The standard InChI is InChI=1S/C15H12F3NO2S/c1-21-14-6-9(16)2-5-13(14)19-15(20)8-22-10-3-4-11(17)12(18)7-10/h2-7H,8H2,1H3,(H,19,20). The smallest absolute Gasteiger partial charge is 0.234 e. The van der Waals surface area contributed by atoms with Crippen LogP contribution < -0.4 is 10.1 Å². The van der Waals surface area contributed by atoms with Crippen LogP contribution in [0, 0.1) is 17.5 Å². The molecule has 0 saturated carbocycles. The molecule has 0 aliphatic rings. The first-order valence-corrected chi connectivity index (χ1v) is 7.19. The molecule has 116 valence electrons. The van der Waals surface area contributed by atoms with Crippen LogP contribution in [-0.2, 0) is 4.79 Å². The van der Waals surface area contributed by atoms with Crippen molar-refractivity contribution in [1.82, 2.24) is 0 Å². The van der Waals surface area contributed by atoms with E-state index in [1.165, 1.54) is 25.3 Å². The van der Waals surface area contributed by atoms with Crippen molar-refractivity contribution in [3.05, 3.63) is 53.8 Å². The molecule has 0 radical (unpaired) electrons. The lowest BCUT2D eigenvalue weighted by atomic mass is 10.3. The van der Waals surface area contributed by atoms with Crippen LogP contribution in [0.4, 0.5) is 18.9 Å². The van der Waals surface area contributed by atoms with Gasteiger partial charge in [0.25, 0.3) is 0 Å². The minimum Gasteiger partial charge on any atom is -0.494 e. The minimum absolute atomic E-state index is 0.00833. The number of amides is 1. The molecule has 1 amide bonds. The number of ether oxygens (including phenoxy) is 1. The predicted octanol–water partition coefficient (Wildman–Crippen LogP) is 3.84. The van der Waals surface area contributed by atoms with Crippen molar-refractivity contribution in [2.24, 2.45) is 0 Å². The number of methoxy groups -OCH3 is 1. The van der Waals surface area contributed by atoms with E-state index in [-0.39, 0.29) is 17.4 Å². The SMILES string of the molecule is COc1cc(F)ccc1NC(=O)CSc1ccc(F)c(F)c1. The highest BCUT2D eigenvalue weighted by Crippen LogP contribution is 2.26. The topological polar surface area (TPSA) is 38.3 Å². The number of halogens is 3. The first kappa shape index (κ1) is 16.2. The van der Waals surface area contributed by atoms with Crippen LogP contribution in [0.1, 0.15) is 0 Å². The molecule has 0 saturated heterocycles. The normalized spacial score (nSPS) is 10.4. The van der Waals surface area contributed by atoms with Crippen molar-refractivity contribution in [2.45, 2.75) is 4.90 Å². The van der Waals surface area contributed by atoms with Gasteiger partial charge in [0.05, 0.1) is 18.6 Å². The Labute approximate surface area is 129 Å². The van der Waals surface area contributed by atoms with Gasteiger partial charge in [-0.05, 0) is 30.3 Å². The molecule has 0 aromatic heterocycles. The van der Waals surface area contributed by atoms with E-state index in [0.717, 1.165) is 30.0 Å². The Balaban J connectivity index is 1.97. The van der Waals surface area contributed by atoms with E-state index in [9.17, 15) is 18.0 Å². The third-order valence-corrected chi connectivity index (χ3v) is 3.69. The second-order valence-corrected chi connectivity index (χ2v) is 5.31. The number of hydrogen-bond donors (Lipinski definition) is 1. The van der Waals surface area contributed by atoms with Gasteiger partial charge in [-0.15, -0.1) is 11.8 Å². The third kappa shape index (κ3) is 4.17. The molecule has 22 heavy (non-hydrogen) atoms. The molecular weight excluding hydrogens is 315 g/mol. The van der Waals surface area contributed by atoms with Crippen molar-refractivity contribution in [1.29, 1.82) is 0 Å². The van der Waals surface area contributed by atoms with E-state index in [4.69, 9.17) is 4.74 Å². The summed E-state index contributed by atoms with van der Waals surface area (Å²) in [5, 5.41) is 2.57. The lowest BCUT2D eigenvalue weighted by Crippen LogP contribution is -2.14. The zero-order chi connectivity index (χ0) is 16.1. The number of nitrogens with one attached hydrogen (secondary N) is 1. The van der Waals surface area contributed by atoms with Gasteiger partial charge in [-0.3, -0.25) is 4.79 Å². The van der Waals surface area contributed by atoms with Gasteiger partial charge in [-0.2, -0.15) is 0 Å². The molecular formula is C15H12F3NO2S. The molecule has 2 rings (SSSR count). The molecule has 0 heterocycles. The Kier molecular flexibility index (Phi) is 5.32. The van der Waals surface area contributed by atoms with Crippen LogP contribution in [0.3, 0.4) is 0 Å². The average Bonchev–Trinajstić information content (AvgIpc) is 2.50. The number of thioether (sulfide) groups is 1. The van der Waals surface area contributed by atoms with Crippen molar-refractivity contribution in [3.8, 4) is 5.75 Å². The van der Waals surface area contributed by atoms with Crippen LogP contribution >= 0.6 is 11.8 Å². The third-order valence-electron chi connectivity index (χ3n) is 2.70. The largest absolute Gasteiger partial charge is 0.494 e. The van der Waals surface area contributed by atoms with Crippen molar-refractivity contribution in [2.75, 3.05) is 18.2 Å². The van der Waals surface area contributed by atoms with Gasteiger partial charge in [-0.25, -0.2) is 13.2 Å². The highest BCUT2D eigenvalue weighted by molar-refractivity contribution is 8.00. The molecule has 7 heteroatoms. The fraction of sp³-hybridized carbons (Fsp3) is 0.133. The fourth-order valence-corrected chi connectivity index (χ4v) is 2.39. The summed E-state index contributed by atoms with van der Waals surface area (Å²) in [7, 11) is 1.36. The van der Waals surface area contributed by atoms with E-state index >= 15 is 0 Å². The number of carbonyl (C=O) groups excluding carboxylic acids is 1. The Morgan fingerprint density at radius 1 is 1.14 bits per heavy atom. The molecule has 0 bridgehead atoms. The maximum atomic E-state index is 13.0. The van der Waals surface area contributed by atoms with E-state index in [1.807, 2.05) is 0 Å². The van der Waals surface area contributed by atoms with Gasteiger partial charge in [0, 0.05) is 11.0 Å². The van der Waals surface area contributed by atoms with Crippen molar-refractivity contribution in [3.63, 3.8) is 0 Å². The molecule has 0 aliphatic heterocycles. The summed E-state index contributed by atoms with van der Waals surface area (Å²) in [4.78, 5) is 12.3. The van der Waals surface area contributed by atoms with E-state index < -0.39 is 17.5 Å². The molecule has 0 unspecified atom stereocenters. The van der Waals surface area contributed by atoms with Gasteiger partial charge in [0.15, 0.2) is 11.6 Å². The summed E-state index contributed by atoms with van der Waals surface area (Å²) in [6.45, 7) is 0. The second kappa shape index (κ2) is 7.22. The van der Waals surface area contributed by atoms with Crippen molar-refractivity contribution >= 4 is 23.4 Å². The van der Waals surface area contributed by atoms with Crippen LogP contribution in [0.5, 0.6) is 5.75 Å². The van der Waals surface area contributed by atoms with E-state index in [0.29, 0.717) is 10.6 Å². The zero-order valence-corrected chi connectivity index (χ0v) is 12.3. The van der Waals surface area contributed by atoms with Crippen LogP contribution in [-0.4, -0.2) is 18.8 Å². The summed E-state index contributed by atoms with van der Waals surface area (Å²) in [6, 6.07) is 7.13. The molecule has 2 aromatic carbocycles. The number of carbonyl (C=O) groups is 1. The fourth-order valence-electron chi connectivity index (χ4n) is 1.67. The molecule has 0 fully saturated rings. The highest BCUT2D eigenvalue weighted by atomic mass is 32.2. The lowest BCUT2D eigenvalue weighted by molar-refractivity contribution is -0.113. The van der Waals surface area contributed by atoms with E-state index in [2.05, 4.69) is 5.32 Å².